The molecule has 0 unspecified atom stereocenters. The van der Waals surface area contributed by atoms with E-state index in [1.807, 2.05) is 0 Å². The Hall–Kier alpha value is -5.60. The summed E-state index contributed by atoms with van der Waals surface area (Å²) in [6.07, 6.45) is -3.06. The Morgan fingerprint density at radius 3 is 1.35 bits per heavy atom. The number of benzene rings is 1. The third-order valence-electron chi connectivity index (χ3n) is 10.1. The first kappa shape index (κ1) is 42.5. The third kappa shape index (κ3) is 8.95. The van der Waals surface area contributed by atoms with Gasteiger partial charge in [0.15, 0.2) is 24.0 Å². The lowest BCUT2D eigenvalue weighted by molar-refractivity contribution is -0.203. The minimum atomic E-state index is -0.974. The van der Waals surface area contributed by atoms with Crippen molar-refractivity contribution in [2.45, 2.75) is 116 Å². The maximum Gasteiger partial charge on any atom is 0.351 e. The summed E-state index contributed by atoms with van der Waals surface area (Å²) in [5.74, 6) is 8.50. The summed E-state index contributed by atoms with van der Waals surface area (Å²) in [6.45, 7) is 13.7. The Kier molecular flexibility index (Phi) is 11.7. The number of fused-ring (bicyclic) bond motifs is 2. The molecule has 0 aliphatic carbocycles. The normalized spacial score (nSPS) is 27.1. The molecule has 6 heterocycles. The van der Waals surface area contributed by atoms with Crippen molar-refractivity contribution in [2.24, 2.45) is 11.8 Å². The zero-order valence-electron chi connectivity index (χ0n) is 34.5. The minimum absolute atomic E-state index is 0.0704. The maximum atomic E-state index is 13.1. The number of anilines is 2. The molecule has 7 rings (SSSR count). The van der Waals surface area contributed by atoms with Crippen molar-refractivity contribution in [1.29, 1.82) is 0 Å². The van der Waals surface area contributed by atoms with Crippen molar-refractivity contribution in [3.05, 3.63) is 79.9 Å². The van der Waals surface area contributed by atoms with Gasteiger partial charge in [-0.05, 0) is 52.0 Å². The van der Waals surface area contributed by atoms with Crippen LogP contribution in [0, 0.1) is 35.5 Å². The van der Waals surface area contributed by atoms with Crippen molar-refractivity contribution in [2.75, 3.05) is 24.7 Å². The second-order valence-corrected chi connectivity index (χ2v) is 16.4. The lowest BCUT2D eigenvalue weighted by Crippen LogP contribution is -2.35. The van der Waals surface area contributed by atoms with Gasteiger partial charge in [-0.15, -0.1) is 0 Å². The number of rotatable bonds is 8. The summed E-state index contributed by atoms with van der Waals surface area (Å²) in [7, 11) is 0. The van der Waals surface area contributed by atoms with Crippen molar-refractivity contribution in [3.63, 3.8) is 0 Å². The molecular weight excluding hydrogens is 780 g/mol. The Balaban J connectivity index is 1.07. The molecule has 4 aliphatic heterocycles. The van der Waals surface area contributed by atoms with Crippen LogP contribution >= 0.6 is 0 Å². The van der Waals surface area contributed by atoms with Crippen LogP contribution in [0.5, 0.6) is 0 Å². The van der Waals surface area contributed by atoms with Crippen molar-refractivity contribution >= 4 is 23.6 Å². The van der Waals surface area contributed by atoms with Crippen LogP contribution in [0.15, 0.2) is 46.2 Å². The Labute approximate surface area is 345 Å². The van der Waals surface area contributed by atoms with Crippen LogP contribution in [0.4, 0.5) is 11.6 Å². The molecule has 18 nitrogen and oxygen atoms in total. The summed E-state index contributed by atoms with van der Waals surface area (Å²) in [5.41, 5.74) is 12.7. The number of nitrogen functional groups attached to an aromatic ring is 2. The van der Waals surface area contributed by atoms with E-state index in [1.165, 1.54) is 21.5 Å². The van der Waals surface area contributed by atoms with Crippen LogP contribution < -0.4 is 22.8 Å². The third-order valence-corrected chi connectivity index (χ3v) is 10.1. The summed E-state index contributed by atoms with van der Waals surface area (Å²) in [5, 5.41) is 0. The van der Waals surface area contributed by atoms with E-state index in [0.717, 1.165) is 0 Å². The van der Waals surface area contributed by atoms with Crippen LogP contribution in [-0.2, 0) is 47.5 Å². The summed E-state index contributed by atoms with van der Waals surface area (Å²) >= 11 is 0. The van der Waals surface area contributed by atoms with E-state index in [0.29, 0.717) is 11.1 Å². The first-order valence-corrected chi connectivity index (χ1v) is 19.6. The van der Waals surface area contributed by atoms with Gasteiger partial charge in [0.05, 0.1) is 23.0 Å². The molecule has 0 radical (unpaired) electrons. The molecule has 60 heavy (non-hydrogen) atoms. The highest BCUT2D eigenvalue weighted by Gasteiger charge is 2.58. The van der Waals surface area contributed by atoms with E-state index in [-0.39, 0.29) is 47.8 Å². The van der Waals surface area contributed by atoms with Gasteiger partial charge in [0.25, 0.3) is 0 Å². The lowest BCUT2D eigenvalue weighted by atomic mass is 10.1. The molecule has 0 bridgehead atoms. The number of hydrogen-bond acceptors (Lipinski definition) is 16. The maximum absolute atomic E-state index is 13.1. The van der Waals surface area contributed by atoms with Crippen LogP contribution in [0.1, 0.15) is 90.1 Å². The van der Waals surface area contributed by atoms with Gasteiger partial charge in [0.2, 0.25) is 0 Å². The Morgan fingerprint density at radius 2 is 1.00 bits per heavy atom. The van der Waals surface area contributed by atoms with Gasteiger partial charge in [-0.25, -0.2) is 9.59 Å². The fourth-order valence-electron chi connectivity index (χ4n) is 7.13. The van der Waals surface area contributed by atoms with Crippen LogP contribution in [-0.4, -0.2) is 92.5 Å². The van der Waals surface area contributed by atoms with Gasteiger partial charge in [-0.1, -0.05) is 51.4 Å². The monoisotopic (exact) mass is 828 g/mol. The summed E-state index contributed by atoms with van der Waals surface area (Å²) in [6, 6.07) is 6.99. The summed E-state index contributed by atoms with van der Waals surface area (Å²) in [4.78, 5) is 58.6. The molecule has 0 amide bonds. The average molecular weight is 829 g/mol. The molecule has 0 saturated carbocycles. The number of nitrogens with two attached hydrogens (primary N) is 2. The van der Waals surface area contributed by atoms with E-state index in [2.05, 4.69) is 33.6 Å². The fraction of sp³-hybridized carbons (Fsp3) is 0.524. The molecule has 1 aromatic carbocycles. The number of nitrogens with zero attached hydrogens (tertiary/aromatic N) is 4. The topological polar surface area (TPSA) is 230 Å². The average Bonchev–Trinajstić information content (AvgIpc) is 3.88. The molecule has 8 atom stereocenters. The van der Waals surface area contributed by atoms with E-state index in [1.54, 1.807) is 79.7 Å². The molecule has 2 aromatic heterocycles. The second kappa shape index (κ2) is 16.5. The quantitative estimate of drug-likeness (QED) is 0.244. The molecule has 4 fully saturated rings. The SMILES string of the molecule is CC(C)C(=O)OC[C@H]1O[C@@H](n2cc(C#Cc3ccc(C#Cc4cn([C@@H]5O[C@H](COC(=O)C(C)C)[C@H]6OC(C)(C)O[C@H]65)c(=O)nc4N)cc3)c(N)nc2=O)[C@@H]2OC(C)(C)O[C@@H]21. The van der Waals surface area contributed by atoms with Gasteiger partial charge >= 0.3 is 23.3 Å². The highest BCUT2D eigenvalue weighted by molar-refractivity contribution is 5.71. The standard InChI is InChI=1S/C42H48N6O12/c1-21(2)37(49)53-19-27-29-31(59-41(5,6)57-29)35(55-27)47-17-25(33(43)45-39(47)51)15-13-23-9-11-24(12-10-23)14-16-26-18-48(40(52)46-34(26)44)36-32-30(58-42(7,8)60-32)28(56-36)20-54-38(50)22(3)4/h9-12,17-18,21-22,27-32,35-36H,19-20H2,1-8H3,(H2,43,45,51)(H2,44,46,52)/t27-,28-,29-,30-,31-,32-,35-,36-/m1/s1. The molecule has 4 saturated heterocycles. The number of carbonyl (C=O) groups excluding carboxylic acids is 2. The zero-order valence-corrected chi connectivity index (χ0v) is 34.5. The molecule has 4 N–H and O–H groups in total. The predicted octanol–water partition coefficient (Wildman–Crippen LogP) is 2.00. The van der Waals surface area contributed by atoms with E-state index in [9.17, 15) is 19.2 Å². The highest BCUT2D eigenvalue weighted by atomic mass is 16.8. The van der Waals surface area contributed by atoms with Gasteiger partial charge in [0.1, 0.15) is 61.5 Å². The Bertz CT molecular complexity index is 2240. The van der Waals surface area contributed by atoms with Gasteiger partial charge in [-0.3, -0.25) is 18.7 Å². The van der Waals surface area contributed by atoms with Crippen LogP contribution in [0.3, 0.4) is 0 Å². The Morgan fingerprint density at radius 1 is 0.650 bits per heavy atom. The van der Waals surface area contributed by atoms with Crippen molar-refractivity contribution < 1.29 is 47.5 Å². The zero-order chi connectivity index (χ0) is 43.3. The highest BCUT2D eigenvalue weighted by Crippen LogP contribution is 2.44. The number of ether oxygens (including phenoxy) is 8. The van der Waals surface area contributed by atoms with Crippen LogP contribution in [0.25, 0.3) is 0 Å². The molecule has 18 heteroatoms. The number of hydrogen-bond donors (Lipinski definition) is 2. The number of carbonyl (C=O) groups is 2. The van der Waals surface area contributed by atoms with Gasteiger partial charge in [0, 0.05) is 23.5 Å². The van der Waals surface area contributed by atoms with Gasteiger partial charge < -0.3 is 49.4 Å². The molecule has 4 aliphatic rings. The first-order chi connectivity index (χ1) is 28.3. The second-order valence-electron chi connectivity index (χ2n) is 16.4. The predicted molar refractivity (Wildman–Crippen MR) is 211 cm³/mol. The minimum Gasteiger partial charge on any atom is -0.463 e. The molecular formula is C42H48N6O12. The first-order valence-electron chi connectivity index (χ1n) is 19.6. The van der Waals surface area contributed by atoms with E-state index < -0.39 is 84.0 Å². The lowest BCUT2D eigenvalue weighted by Gasteiger charge is -2.25. The molecule has 3 aromatic rings. The van der Waals surface area contributed by atoms with Crippen molar-refractivity contribution in [1.82, 2.24) is 19.1 Å². The number of aromatic nitrogens is 4. The molecule has 318 valence electrons. The fourth-order valence-corrected chi connectivity index (χ4v) is 7.13. The van der Waals surface area contributed by atoms with Crippen molar-refractivity contribution in [3.8, 4) is 23.7 Å². The van der Waals surface area contributed by atoms with Gasteiger partial charge in [-0.2, -0.15) is 9.97 Å². The van der Waals surface area contributed by atoms with Crippen LogP contribution in [0.2, 0.25) is 0 Å². The van der Waals surface area contributed by atoms with E-state index in [4.69, 9.17) is 49.4 Å². The number of esters is 2. The summed E-state index contributed by atoms with van der Waals surface area (Å²) < 4.78 is 50.1. The van der Waals surface area contributed by atoms with E-state index >= 15 is 0 Å². The largest absolute Gasteiger partial charge is 0.463 e. The smallest absolute Gasteiger partial charge is 0.351 e. The molecule has 0 spiro atoms.